The summed E-state index contributed by atoms with van der Waals surface area (Å²) in [5, 5.41) is 0. The summed E-state index contributed by atoms with van der Waals surface area (Å²) >= 11 is 0. The summed E-state index contributed by atoms with van der Waals surface area (Å²) in [6.45, 7) is 13.9. The summed E-state index contributed by atoms with van der Waals surface area (Å²) in [5.74, 6) is 1.16. The zero-order valence-electron chi connectivity index (χ0n) is 14.1. The molecule has 0 aliphatic heterocycles. The Morgan fingerprint density at radius 3 is 2.00 bits per heavy atom. The van der Waals surface area contributed by atoms with Gasteiger partial charge in [-0.05, 0) is 50.4 Å². The second kappa shape index (κ2) is 7.42. The van der Waals surface area contributed by atoms with Gasteiger partial charge in [-0.25, -0.2) is 0 Å². The molecule has 120 valence electrons. The van der Waals surface area contributed by atoms with Gasteiger partial charge in [-0.3, -0.25) is 4.57 Å². The van der Waals surface area contributed by atoms with Crippen LogP contribution in [0.15, 0.2) is 0 Å². The van der Waals surface area contributed by atoms with Crippen LogP contribution in [0.25, 0.3) is 0 Å². The summed E-state index contributed by atoms with van der Waals surface area (Å²) in [6.07, 6.45) is 4.31. The number of hydrogen-bond donors (Lipinski definition) is 0. The highest BCUT2D eigenvalue weighted by Crippen LogP contribution is 2.61. The molecule has 0 unspecified atom stereocenters. The predicted molar refractivity (Wildman–Crippen MR) is 85.2 cm³/mol. The Morgan fingerprint density at radius 2 is 1.60 bits per heavy atom. The van der Waals surface area contributed by atoms with Gasteiger partial charge in [0.2, 0.25) is 0 Å². The first kappa shape index (κ1) is 18.2. The molecule has 0 spiro atoms. The second-order valence-electron chi connectivity index (χ2n) is 6.99. The van der Waals surface area contributed by atoms with Crippen LogP contribution in [0.4, 0.5) is 0 Å². The van der Waals surface area contributed by atoms with Gasteiger partial charge in [0.15, 0.2) is 0 Å². The summed E-state index contributed by atoms with van der Waals surface area (Å²) in [7, 11) is -2.95. The third-order valence-corrected chi connectivity index (χ3v) is 7.44. The topological polar surface area (TPSA) is 35.5 Å². The van der Waals surface area contributed by atoms with Gasteiger partial charge < -0.3 is 9.05 Å². The maximum atomic E-state index is 13.0. The van der Waals surface area contributed by atoms with Crippen LogP contribution in [0.1, 0.15) is 67.2 Å². The molecule has 0 heterocycles. The summed E-state index contributed by atoms with van der Waals surface area (Å²) < 4.78 is 24.2. The van der Waals surface area contributed by atoms with Crippen molar-refractivity contribution < 1.29 is 13.6 Å². The van der Waals surface area contributed by atoms with Crippen molar-refractivity contribution >= 4 is 7.60 Å². The van der Waals surface area contributed by atoms with Crippen molar-refractivity contribution in [1.29, 1.82) is 0 Å². The van der Waals surface area contributed by atoms with Gasteiger partial charge in [0.1, 0.15) is 0 Å². The average molecular weight is 304 g/mol. The van der Waals surface area contributed by atoms with Crippen molar-refractivity contribution in [3.8, 4) is 0 Å². The summed E-state index contributed by atoms with van der Waals surface area (Å²) in [4.78, 5) is 0. The van der Waals surface area contributed by atoms with E-state index in [1.54, 1.807) is 0 Å². The molecular formula is C16H33O3P. The molecule has 0 radical (unpaired) electrons. The Hall–Kier alpha value is 0.150. The Kier molecular flexibility index (Phi) is 6.76. The lowest BCUT2D eigenvalue weighted by Gasteiger charge is -2.43. The van der Waals surface area contributed by atoms with Crippen molar-refractivity contribution in [2.45, 2.75) is 72.9 Å². The third-order valence-electron chi connectivity index (χ3n) is 4.72. The Bertz CT molecular complexity index is 325. The average Bonchev–Trinajstić information content (AvgIpc) is 2.37. The van der Waals surface area contributed by atoms with Gasteiger partial charge in [0.05, 0.1) is 18.9 Å². The second-order valence-corrected chi connectivity index (χ2v) is 9.25. The van der Waals surface area contributed by atoms with Crippen LogP contribution in [-0.2, 0) is 13.6 Å². The maximum absolute atomic E-state index is 13.0. The first-order valence-corrected chi connectivity index (χ1v) is 9.78. The fourth-order valence-electron chi connectivity index (χ4n) is 3.48. The van der Waals surface area contributed by atoms with E-state index in [0.717, 1.165) is 25.7 Å². The van der Waals surface area contributed by atoms with Gasteiger partial charge in [-0.15, -0.1) is 0 Å². The smallest absolute Gasteiger partial charge is 0.309 e. The molecule has 0 saturated heterocycles. The van der Waals surface area contributed by atoms with E-state index in [4.69, 9.17) is 9.05 Å². The van der Waals surface area contributed by atoms with Crippen LogP contribution in [-0.4, -0.2) is 18.9 Å². The molecule has 0 bridgehead atoms. The van der Waals surface area contributed by atoms with Crippen LogP contribution in [0.3, 0.4) is 0 Å². The molecule has 20 heavy (non-hydrogen) atoms. The van der Waals surface area contributed by atoms with E-state index in [9.17, 15) is 4.57 Å². The van der Waals surface area contributed by atoms with Crippen molar-refractivity contribution in [3.63, 3.8) is 0 Å². The SMILES string of the molecule is CCOP(=O)(OCC)[C@@H]1CC[C@H](C(C)(C)C)C[C@@H]1CC. The third kappa shape index (κ3) is 4.32. The number of rotatable bonds is 6. The van der Waals surface area contributed by atoms with Gasteiger partial charge in [0.25, 0.3) is 0 Å². The standard InChI is InChI=1S/C16H33O3P/c1-7-13-12-14(16(4,5)6)10-11-15(13)20(17,18-8-2)19-9-3/h13-15H,7-12H2,1-6H3/t13-,14-,15+/m0/s1. The predicted octanol–water partition coefficient (Wildman–Crippen LogP) is 5.49. The lowest BCUT2D eigenvalue weighted by atomic mass is 9.68. The van der Waals surface area contributed by atoms with E-state index < -0.39 is 7.60 Å². The van der Waals surface area contributed by atoms with E-state index in [2.05, 4.69) is 27.7 Å². The number of hydrogen-bond acceptors (Lipinski definition) is 3. The van der Waals surface area contributed by atoms with E-state index in [-0.39, 0.29) is 5.66 Å². The lowest BCUT2D eigenvalue weighted by molar-refractivity contribution is 0.122. The largest absolute Gasteiger partial charge is 0.333 e. The monoisotopic (exact) mass is 304 g/mol. The highest BCUT2D eigenvalue weighted by atomic mass is 31.2. The van der Waals surface area contributed by atoms with Crippen LogP contribution >= 0.6 is 7.60 Å². The molecule has 0 aromatic carbocycles. The highest BCUT2D eigenvalue weighted by Gasteiger charge is 2.45. The van der Waals surface area contributed by atoms with Gasteiger partial charge in [-0.1, -0.05) is 34.1 Å². The summed E-state index contributed by atoms with van der Waals surface area (Å²) in [5.41, 5.74) is 0.422. The van der Waals surface area contributed by atoms with Crippen molar-refractivity contribution in [1.82, 2.24) is 0 Å². The molecule has 0 N–H and O–H groups in total. The minimum atomic E-state index is -2.95. The van der Waals surface area contributed by atoms with Crippen LogP contribution in [0, 0.1) is 17.3 Å². The molecule has 0 amide bonds. The molecule has 1 fully saturated rings. The fourth-order valence-corrected chi connectivity index (χ4v) is 5.97. The summed E-state index contributed by atoms with van der Waals surface area (Å²) in [6, 6.07) is 0. The first-order chi connectivity index (χ1) is 9.28. The molecule has 1 aliphatic carbocycles. The minimum absolute atomic E-state index is 0.0889. The van der Waals surface area contributed by atoms with Crippen molar-refractivity contribution in [2.75, 3.05) is 13.2 Å². The van der Waals surface area contributed by atoms with Gasteiger partial charge in [-0.2, -0.15) is 0 Å². The molecule has 3 nitrogen and oxygen atoms in total. The van der Waals surface area contributed by atoms with Crippen molar-refractivity contribution in [2.24, 2.45) is 17.3 Å². The highest BCUT2D eigenvalue weighted by molar-refractivity contribution is 7.54. The Balaban J connectivity index is 2.87. The van der Waals surface area contributed by atoms with E-state index in [1.165, 1.54) is 0 Å². The molecule has 3 atom stereocenters. The molecule has 4 heteroatoms. The van der Waals surface area contributed by atoms with E-state index in [0.29, 0.717) is 30.5 Å². The zero-order chi connectivity index (χ0) is 15.4. The van der Waals surface area contributed by atoms with Gasteiger partial charge >= 0.3 is 7.60 Å². The lowest BCUT2D eigenvalue weighted by Crippen LogP contribution is -2.35. The first-order valence-electron chi connectivity index (χ1n) is 8.17. The molecule has 1 aliphatic rings. The zero-order valence-corrected chi connectivity index (χ0v) is 15.0. The Labute approximate surface area is 125 Å². The molecular weight excluding hydrogens is 271 g/mol. The van der Waals surface area contributed by atoms with E-state index >= 15 is 0 Å². The molecule has 0 aromatic rings. The minimum Gasteiger partial charge on any atom is -0.309 e. The normalized spacial score (nSPS) is 28.6. The molecule has 1 rings (SSSR count). The molecule has 1 saturated carbocycles. The van der Waals surface area contributed by atoms with Crippen LogP contribution < -0.4 is 0 Å². The quantitative estimate of drug-likeness (QED) is 0.608. The Morgan fingerprint density at radius 1 is 1.05 bits per heavy atom. The van der Waals surface area contributed by atoms with E-state index in [1.807, 2.05) is 13.8 Å². The van der Waals surface area contributed by atoms with Crippen LogP contribution in [0.5, 0.6) is 0 Å². The van der Waals surface area contributed by atoms with Gasteiger partial charge in [0, 0.05) is 0 Å². The fraction of sp³-hybridized carbons (Fsp3) is 1.00. The molecule has 0 aromatic heterocycles. The van der Waals surface area contributed by atoms with Crippen molar-refractivity contribution in [3.05, 3.63) is 0 Å². The van der Waals surface area contributed by atoms with Crippen LogP contribution in [0.2, 0.25) is 0 Å². The maximum Gasteiger partial charge on any atom is 0.333 e.